The van der Waals surface area contributed by atoms with Crippen LogP contribution in [-0.4, -0.2) is 24.3 Å². The van der Waals surface area contributed by atoms with E-state index in [0.29, 0.717) is 18.4 Å². The summed E-state index contributed by atoms with van der Waals surface area (Å²) in [7, 11) is -3.11. The van der Waals surface area contributed by atoms with Gasteiger partial charge in [0.05, 0.1) is 0 Å². The number of aliphatic imine (C=N–C) groups is 1. The van der Waals surface area contributed by atoms with Crippen molar-refractivity contribution < 1.29 is 14.7 Å². The quantitative estimate of drug-likeness (QED) is 0.307. The Labute approximate surface area is 185 Å². The van der Waals surface area contributed by atoms with E-state index < -0.39 is 19.1 Å². The molecule has 0 aliphatic heterocycles. The first-order valence-electron chi connectivity index (χ1n) is 10.5. The number of hydrogen-bond donors (Lipinski definition) is 2. The fourth-order valence-corrected chi connectivity index (χ4v) is 8.09. The lowest BCUT2D eigenvalue weighted by Crippen LogP contribution is -2.65. The third-order valence-corrected chi connectivity index (χ3v) is 10.7. The number of rotatable bonds is 9. The number of hydrogen-bond acceptors (Lipinski definition) is 4. The molecular formula is C26H29NO3Si. The zero-order chi connectivity index (χ0) is 22.4. The minimum atomic E-state index is -3.11. The Balaban J connectivity index is 1.89. The first kappa shape index (κ1) is 22.9. The van der Waals surface area contributed by atoms with Gasteiger partial charge < -0.3 is 9.90 Å². The van der Waals surface area contributed by atoms with Gasteiger partial charge >= 0.3 is 0 Å². The zero-order valence-electron chi connectivity index (χ0n) is 18.0. The Morgan fingerprint density at radius 3 is 1.71 bits per heavy atom. The van der Waals surface area contributed by atoms with Crippen molar-refractivity contribution in [2.45, 2.75) is 43.9 Å². The Bertz CT molecular complexity index is 979. The van der Waals surface area contributed by atoms with Crippen molar-refractivity contribution in [3.05, 3.63) is 96.6 Å². The number of benzene rings is 3. The van der Waals surface area contributed by atoms with Crippen LogP contribution in [0.5, 0.6) is 0 Å². The number of carbonyl (C=O) groups excluding carboxylic acids is 1. The van der Waals surface area contributed by atoms with E-state index in [2.05, 4.69) is 18.8 Å². The van der Waals surface area contributed by atoms with Gasteiger partial charge in [-0.1, -0.05) is 105 Å². The molecule has 0 bridgehead atoms. The molecular weight excluding hydrogens is 402 g/mol. The van der Waals surface area contributed by atoms with Crippen LogP contribution in [0.4, 0.5) is 0 Å². The summed E-state index contributed by atoms with van der Waals surface area (Å²) in [6, 6.07) is 28.7. The second kappa shape index (κ2) is 9.54. The Morgan fingerprint density at radius 1 is 0.806 bits per heavy atom. The van der Waals surface area contributed by atoms with Crippen LogP contribution in [0.15, 0.2) is 96.0 Å². The van der Waals surface area contributed by atoms with Crippen LogP contribution in [0.25, 0.3) is 0 Å². The van der Waals surface area contributed by atoms with Gasteiger partial charge in [-0.15, -0.1) is 0 Å². The molecule has 0 aromatic heterocycles. The maximum Gasteiger partial charge on any atom is 0.258 e. The van der Waals surface area contributed by atoms with Crippen LogP contribution in [0.3, 0.4) is 0 Å². The summed E-state index contributed by atoms with van der Waals surface area (Å²) in [6.07, 6.45) is 3.03. The molecule has 0 saturated carbocycles. The van der Waals surface area contributed by atoms with Crippen LogP contribution in [0.1, 0.15) is 38.7 Å². The fourth-order valence-electron chi connectivity index (χ4n) is 4.31. The molecule has 0 radical (unpaired) electrons. The van der Waals surface area contributed by atoms with E-state index in [1.165, 1.54) is 6.08 Å². The van der Waals surface area contributed by atoms with Gasteiger partial charge in [0.15, 0.2) is 5.72 Å². The highest BCUT2D eigenvalue weighted by atomic mass is 28.4. The SMILES string of the molecule is CC(C)(CCCC(O)(N=C=O)c1ccccc1)[Si](O)(c1ccccc1)c1ccccc1. The Hall–Kier alpha value is -2.82. The molecule has 0 saturated heterocycles. The summed E-state index contributed by atoms with van der Waals surface area (Å²) < 4.78 is 0. The Kier molecular flexibility index (Phi) is 7.03. The van der Waals surface area contributed by atoms with Gasteiger partial charge in [0, 0.05) is 12.0 Å². The minimum absolute atomic E-state index is 0.268. The first-order chi connectivity index (χ1) is 14.8. The normalized spacial score (nSPS) is 13.8. The maximum atomic E-state index is 12.2. The third kappa shape index (κ3) is 4.76. The molecule has 3 aromatic carbocycles. The van der Waals surface area contributed by atoms with Crippen LogP contribution < -0.4 is 10.4 Å². The predicted octanol–water partition coefficient (Wildman–Crippen LogP) is 3.87. The lowest BCUT2D eigenvalue weighted by atomic mass is 9.94. The summed E-state index contributed by atoms with van der Waals surface area (Å²) >= 11 is 0. The number of isocyanates is 1. The van der Waals surface area contributed by atoms with Gasteiger partial charge in [-0.2, -0.15) is 4.99 Å². The number of nitrogens with zero attached hydrogens (tertiary/aromatic N) is 1. The molecule has 31 heavy (non-hydrogen) atoms. The molecule has 0 aliphatic carbocycles. The monoisotopic (exact) mass is 431 g/mol. The van der Waals surface area contributed by atoms with Crippen LogP contribution in [0, 0.1) is 0 Å². The van der Waals surface area contributed by atoms with Gasteiger partial charge in [0.25, 0.3) is 8.32 Å². The topological polar surface area (TPSA) is 69.9 Å². The van der Waals surface area contributed by atoms with Gasteiger partial charge in [0.1, 0.15) is 0 Å². The summed E-state index contributed by atoms with van der Waals surface area (Å²) in [4.78, 5) is 26.9. The van der Waals surface area contributed by atoms with Crippen LogP contribution in [0.2, 0.25) is 5.04 Å². The predicted molar refractivity (Wildman–Crippen MR) is 126 cm³/mol. The van der Waals surface area contributed by atoms with E-state index >= 15 is 0 Å². The van der Waals surface area contributed by atoms with Crippen molar-refractivity contribution in [1.82, 2.24) is 0 Å². The molecule has 1 atom stereocenters. The highest BCUT2D eigenvalue weighted by Crippen LogP contribution is 2.41. The number of aliphatic hydroxyl groups is 1. The van der Waals surface area contributed by atoms with Crippen LogP contribution in [-0.2, 0) is 10.5 Å². The molecule has 5 heteroatoms. The second-order valence-corrected chi connectivity index (χ2v) is 12.5. The fraction of sp³-hybridized carbons (Fsp3) is 0.269. The second-order valence-electron chi connectivity index (χ2n) is 8.57. The molecule has 0 fully saturated rings. The van der Waals surface area contributed by atoms with Crippen molar-refractivity contribution in [1.29, 1.82) is 0 Å². The van der Waals surface area contributed by atoms with Crippen molar-refractivity contribution in [2.75, 3.05) is 0 Å². The van der Waals surface area contributed by atoms with Crippen LogP contribution >= 0.6 is 0 Å². The highest BCUT2D eigenvalue weighted by molar-refractivity contribution is 6.98. The molecule has 2 N–H and O–H groups in total. The minimum Gasteiger partial charge on any atom is -0.424 e. The molecule has 1 unspecified atom stereocenters. The van der Waals surface area contributed by atoms with Crippen molar-refractivity contribution in [2.24, 2.45) is 4.99 Å². The molecule has 0 heterocycles. The molecule has 0 aliphatic rings. The average Bonchev–Trinajstić information content (AvgIpc) is 2.80. The summed E-state index contributed by atoms with van der Waals surface area (Å²) in [5.74, 6) is 0. The smallest absolute Gasteiger partial charge is 0.258 e. The first-order valence-corrected chi connectivity index (χ1v) is 12.5. The van der Waals surface area contributed by atoms with Crippen molar-refractivity contribution >= 4 is 24.8 Å². The lowest BCUT2D eigenvalue weighted by Gasteiger charge is -2.41. The lowest BCUT2D eigenvalue weighted by molar-refractivity contribution is 0.0336. The van der Waals surface area contributed by atoms with Gasteiger partial charge in [-0.3, -0.25) is 0 Å². The van der Waals surface area contributed by atoms with E-state index in [1.807, 2.05) is 66.7 Å². The molecule has 3 aromatic rings. The summed E-state index contributed by atoms with van der Waals surface area (Å²) in [5, 5.41) is 12.5. The van der Waals surface area contributed by atoms with E-state index in [9.17, 15) is 14.7 Å². The Morgan fingerprint density at radius 2 is 1.26 bits per heavy atom. The molecule has 160 valence electrons. The molecule has 4 nitrogen and oxygen atoms in total. The van der Waals surface area contributed by atoms with Crippen molar-refractivity contribution in [3.63, 3.8) is 0 Å². The maximum absolute atomic E-state index is 12.2. The largest absolute Gasteiger partial charge is 0.424 e. The van der Waals surface area contributed by atoms with Gasteiger partial charge in [-0.25, -0.2) is 4.79 Å². The summed E-state index contributed by atoms with van der Waals surface area (Å²) in [5.41, 5.74) is -1.05. The van der Waals surface area contributed by atoms with Gasteiger partial charge in [-0.05, 0) is 28.3 Å². The van der Waals surface area contributed by atoms with Crippen molar-refractivity contribution in [3.8, 4) is 0 Å². The van der Waals surface area contributed by atoms with E-state index in [1.54, 1.807) is 24.3 Å². The molecule has 0 amide bonds. The average molecular weight is 432 g/mol. The summed E-state index contributed by atoms with van der Waals surface area (Å²) in [6.45, 7) is 4.17. The zero-order valence-corrected chi connectivity index (χ0v) is 19.0. The van der Waals surface area contributed by atoms with Gasteiger partial charge in [0.2, 0.25) is 6.08 Å². The standard InChI is InChI=1S/C26H29NO3Si/c1-25(2,19-12-20-26(29,27-21-28)22-13-6-3-7-14-22)31(30,23-15-8-4-9-16-23)24-17-10-5-11-18-24/h3-11,13-18,29-30H,12,19-20H2,1-2H3. The molecule has 3 rings (SSSR count). The molecule has 0 spiro atoms. The highest BCUT2D eigenvalue weighted by Gasteiger charge is 2.49. The van der Waals surface area contributed by atoms with E-state index in [0.717, 1.165) is 10.4 Å². The van der Waals surface area contributed by atoms with E-state index in [4.69, 9.17) is 0 Å². The van der Waals surface area contributed by atoms with E-state index in [-0.39, 0.29) is 6.42 Å². The third-order valence-electron chi connectivity index (χ3n) is 6.16.